The molecule has 0 bridgehead atoms. The minimum Gasteiger partial charge on any atom is -0.365 e. The average Bonchev–Trinajstić information content (AvgIpc) is 2.86. The minimum absolute atomic E-state index is 0.141. The summed E-state index contributed by atoms with van der Waals surface area (Å²) in [6, 6.07) is 8.07. The molecule has 0 unspecified atom stereocenters. The van der Waals surface area contributed by atoms with Crippen molar-refractivity contribution >= 4 is 22.0 Å². The van der Waals surface area contributed by atoms with Gasteiger partial charge in [-0.3, -0.25) is 10.1 Å². The fourth-order valence-electron chi connectivity index (χ4n) is 1.94. The number of benzene rings is 1. The number of hydrogen-bond acceptors (Lipinski definition) is 4. The lowest BCUT2D eigenvalue weighted by molar-refractivity contribution is -0.380. The van der Waals surface area contributed by atoms with Gasteiger partial charge in [-0.2, -0.15) is 0 Å². The molecule has 0 fully saturated rings. The Morgan fingerprint density at radius 1 is 1.35 bits per heavy atom. The predicted octanol–water partition coefficient (Wildman–Crippen LogP) is 4.21. The average molecular weight is 294 g/mol. The van der Waals surface area contributed by atoms with Gasteiger partial charge in [0.2, 0.25) is 0 Å². The highest BCUT2D eigenvalue weighted by Crippen LogP contribution is 2.26. The van der Waals surface area contributed by atoms with Crippen LogP contribution in [0.15, 0.2) is 35.7 Å². The molecule has 0 saturated carbocycles. The van der Waals surface area contributed by atoms with Gasteiger partial charge >= 0.3 is 5.00 Å². The topological polar surface area (TPSA) is 46.4 Å². The van der Waals surface area contributed by atoms with Crippen molar-refractivity contribution in [1.82, 2.24) is 0 Å². The van der Waals surface area contributed by atoms with E-state index in [1.54, 1.807) is 23.6 Å². The van der Waals surface area contributed by atoms with Crippen molar-refractivity contribution < 1.29 is 9.31 Å². The zero-order valence-corrected chi connectivity index (χ0v) is 12.1. The van der Waals surface area contributed by atoms with E-state index < -0.39 is 0 Å². The van der Waals surface area contributed by atoms with E-state index in [-0.39, 0.29) is 21.8 Å². The number of thiophene rings is 1. The second-order valence-corrected chi connectivity index (χ2v) is 5.64. The van der Waals surface area contributed by atoms with Crippen LogP contribution in [0.25, 0.3) is 0 Å². The summed E-state index contributed by atoms with van der Waals surface area (Å²) in [4.78, 5) is 12.4. The van der Waals surface area contributed by atoms with Crippen molar-refractivity contribution in [1.29, 1.82) is 0 Å². The van der Waals surface area contributed by atoms with Crippen molar-refractivity contribution in [3.05, 3.63) is 57.2 Å². The Morgan fingerprint density at radius 2 is 2.00 bits per heavy atom. The fourth-order valence-corrected chi connectivity index (χ4v) is 2.66. The highest BCUT2D eigenvalue weighted by atomic mass is 32.1. The van der Waals surface area contributed by atoms with E-state index in [1.165, 1.54) is 12.1 Å². The minimum atomic E-state index is -0.383. The van der Waals surface area contributed by atoms with Crippen LogP contribution in [0, 0.1) is 15.9 Å². The summed E-state index contributed by atoms with van der Waals surface area (Å²) in [5.41, 5.74) is 1.79. The summed E-state index contributed by atoms with van der Waals surface area (Å²) >= 11 is 1.12. The first-order valence-corrected chi connectivity index (χ1v) is 7.09. The molecule has 0 aliphatic carbocycles. The lowest BCUT2D eigenvalue weighted by atomic mass is 10.2. The number of nitrogens with zero attached hydrogens (tertiary/aromatic N) is 2. The van der Waals surface area contributed by atoms with Crippen LogP contribution in [-0.2, 0) is 6.54 Å². The Balaban J connectivity index is 2.20. The van der Waals surface area contributed by atoms with E-state index >= 15 is 0 Å². The number of halogens is 1. The molecular formula is C14H15FN2O2S. The molecule has 2 aromatic rings. The van der Waals surface area contributed by atoms with Crippen LogP contribution < -0.4 is 4.90 Å². The molecule has 1 aromatic carbocycles. The zero-order chi connectivity index (χ0) is 14.7. The smallest absolute Gasteiger partial charge is 0.324 e. The monoisotopic (exact) mass is 294 g/mol. The molecule has 0 saturated heterocycles. The summed E-state index contributed by atoms with van der Waals surface area (Å²) in [6.07, 6.45) is 0. The SMILES string of the molecule is CC(C)N(Cc1csc([N+](=O)[O-])c1)c1ccc(F)cc1. The molecule has 6 heteroatoms. The van der Waals surface area contributed by atoms with Gasteiger partial charge in [-0.25, -0.2) is 4.39 Å². The molecular weight excluding hydrogens is 279 g/mol. The predicted molar refractivity (Wildman–Crippen MR) is 78.7 cm³/mol. The Bertz CT molecular complexity index is 595. The van der Waals surface area contributed by atoms with Gasteiger partial charge in [-0.1, -0.05) is 11.3 Å². The third-order valence-corrected chi connectivity index (χ3v) is 3.88. The Kier molecular flexibility index (Phi) is 4.34. The van der Waals surface area contributed by atoms with Crippen LogP contribution in [-0.4, -0.2) is 11.0 Å². The largest absolute Gasteiger partial charge is 0.365 e. The number of hydrogen-bond donors (Lipinski definition) is 0. The Labute approximate surface area is 120 Å². The van der Waals surface area contributed by atoms with E-state index in [4.69, 9.17) is 0 Å². The molecule has 0 aliphatic rings. The van der Waals surface area contributed by atoms with Crippen LogP contribution in [0.4, 0.5) is 15.1 Å². The number of rotatable bonds is 5. The number of nitro groups is 1. The molecule has 0 atom stereocenters. The van der Waals surface area contributed by atoms with Gasteiger partial charge in [-0.15, -0.1) is 0 Å². The van der Waals surface area contributed by atoms with Crippen molar-refractivity contribution in [3.8, 4) is 0 Å². The van der Waals surface area contributed by atoms with E-state index in [1.807, 2.05) is 13.8 Å². The first kappa shape index (κ1) is 14.5. The third kappa shape index (κ3) is 3.33. The zero-order valence-electron chi connectivity index (χ0n) is 11.2. The van der Waals surface area contributed by atoms with Crippen molar-refractivity contribution in [2.75, 3.05) is 4.90 Å². The van der Waals surface area contributed by atoms with E-state index in [0.29, 0.717) is 6.54 Å². The van der Waals surface area contributed by atoms with Crippen molar-refractivity contribution in [3.63, 3.8) is 0 Å². The highest BCUT2D eigenvalue weighted by molar-refractivity contribution is 7.13. The van der Waals surface area contributed by atoms with Gasteiger partial charge in [0, 0.05) is 29.7 Å². The maximum atomic E-state index is 13.0. The molecule has 1 aromatic heterocycles. The molecule has 2 rings (SSSR count). The molecule has 1 heterocycles. The summed E-state index contributed by atoms with van der Waals surface area (Å²) in [5, 5.41) is 12.6. The van der Waals surface area contributed by atoms with Crippen molar-refractivity contribution in [2.45, 2.75) is 26.4 Å². The van der Waals surface area contributed by atoms with Crippen LogP contribution in [0.1, 0.15) is 19.4 Å². The summed E-state index contributed by atoms with van der Waals surface area (Å²) in [7, 11) is 0. The molecule has 0 radical (unpaired) electrons. The molecule has 0 spiro atoms. The van der Waals surface area contributed by atoms with Gasteiger partial charge in [0.15, 0.2) is 0 Å². The summed E-state index contributed by atoms with van der Waals surface area (Å²) < 4.78 is 13.0. The standard InChI is InChI=1S/C14H15FN2O2S/c1-10(2)16(13-5-3-12(15)4-6-13)8-11-7-14(17(18)19)20-9-11/h3-7,9-10H,8H2,1-2H3. The molecule has 20 heavy (non-hydrogen) atoms. The molecule has 0 amide bonds. The molecule has 0 aliphatic heterocycles. The quantitative estimate of drug-likeness (QED) is 0.613. The van der Waals surface area contributed by atoms with Crippen LogP contribution >= 0.6 is 11.3 Å². The van der Waals surface area contributed by atoms with E-state index in [9.17, 15) is 14.5 Å². The van der Waals surface area contributed by atoms with Gasteiger partial charge in [-0.05, 0) is 43.7 Å². The highest BCUT2D eigenvalue weighted by Gasteiger charge is 2.15. The van der Waals surface area contributed by atoms with Crippen LogP contribution in [0.2, 0.25) is 0 Å². The molecule has 4 nitrogen and oxygen atoms in total. The van der Waals surface area contributed by atoms with Crippen LogP contribution in [0.5, 0.6) is 0 Å². The van der Waals surface area contributed by atoms with Gasteiger partial charge in [0.1, 0.15) is 5.82 Å². The normalized spacial score (nSPS) is 10.8. The summed E-state index contributed by atoms with van der Waals surface area (Å²) in [5.74, 6) is -0.274. The lowest BCUT2D eigenvalue weighted by Crippen LogP contribution is -2.29. The Hall–Kier alpha value is -1.95. The number of anilines is 1. The van der Waals surface area contributed by atoms with Gasteiger partial charge in [0.25, 0.3) is 0 Å². The maximum absolute atomic E-state index is 13.0. The maximum Gasteiger partial charge on any atom is 0.324 e. The van der Waals surface area contributed by atoms with E-state index in [2.05, 4.69) is 4.90 Å². The first-order valence-electron chi connectivity index (χ1n) is 6.21. The Morgan fingerprint density at radius 3 is 2.50 bits per heavy atom. The first-order chi connectivity index (χ1) is 9.47. The summed E-state index contributed by atoms with van der Waals surface area (Å²) in [6.45, 7) is 4.63. The lowest BCUT2D eigenvalue weighted by Gasteiger charge is -2.28. The molecule has 106 valence electrons. The third-order valence-electron chi connectivity index (χ3n) is 2.95. The van der Waals surface area contributed by atoms with Gasteiger partial charge < -0.3 is 4.90 Å². The van der Waals surface area contributed by atoms with Crippen LogP contribution in [0.3, 0.4) is 0 Å². The fraction of sp³-hybridized carbons (Fsp3) is 0.286. The molecule has 0 N–H and O–H groups in total. The van der Waals surface area contributed by atoms with E-state index in [0.717, 1.165) is 22.6 Å². The van der Waals surface area contributed by atoms with Gasteiger partial charge in [0.05, 0.1) is 4.92 Å². The second kappa shape index (κ2) is 6.00. The van der Waals surface area contributed by atoms with Crippen molar-refractivity contribution in [2.24, 2.45) is 0 Å². The second-order valence-electron chi connectivity index (χ2n) is 4.75.